The van der Waals surface area contributed by atoms with Gasteiger partial charge in [-0.05, 0) is 43.7 Å². The molecule has 1 rings (SSSR count). The first-order valence-electron chi connectivity index (χ1n) is 10.1. The van der Waals surface area contributed by atoms with Gasteiger partial charge in [0, 0.05) is 11.9 Å². The molecule has 0 saturated carbocycles. The second-order valence-electron chi connectivity index (χ2n) is 7.86. The third-order valence-corrected chi connectivity index (χ3v) is 4.15. The van der Waals surface area contributed by atoms with E-state index >= 15 is 0 Å². The van der Waals surface area contributed by atoms with Crippen LogP contribution >= 0.6 is 0 Å². The third-order valence-electron chi connectivity index (χ3n) is 4.15. The molecular weight excluding hydrogens is 386 g/mol. The van der Waals surface area contributed by atoms with E-state index in [9.17, 15) is 14.4 Å². The number of pyridine rings is 1. The number of carboxylic acids is 1. The summed E-state index contributed by atoms with van der Waals surface area (Å²) in [6.45, 7) is 9.23. The van der Waals surface area contributed by atoms with E-state index in [0.717, 1.165) is 12.1 Å². The summed E-state index contributed by atoms with van der Waals surface area (Å²) < 4.78 is 0. The summed E-state index contributed by atoms with van der Waals surface area (Å²) in [5.41, 5.74) is 13.7. The number of aromatic nitrogens is 1. The number of aliphatic carboxylic acids is 1. The van der Waals surface area contributed by atoms with Crippen LogP contribution in [0.3, 0.4) is 0 Å². The molecule has 0 unspecified atom stereocenters. The molecular formula is C21H36N5O4-. The first-order valence-corrected chi connectivity index (χ1v) is 10.1. The molecule has 9 nitrogen and oxygen atoms in total. The Labute approximate surface area is 179 Å². The fourth-order valence-corrected chi connectivity index (χ4v) is 2.45. The number of nitrogens with one attached hydrogen (secondary N) is 3. The Bertz CT molecular complexity index is 652. The average Bonchev–Trinajstić information content (AvgIpc) is 2.66. The van der Waals surface area contributed by atoms with Crippen molar-refractivity contribution in [1.29, 1.82) is 0 Å². The van der Waals surface area contributed by atoms with Gasteiger partial charge in [0.05, 0.1) is 6.04 Å². The summed E-state index contributed by atoms with van der Waals surface area (Å²) in [7, 11) is 0. The Hall–Kier alpha value is -2.52. The molecule has 170 valence electrons. The molecule has 9 heteroatoms. The number of carboxylic acid groups (broad SMARTS) is 1. The lowest BCUT2D eigenvalue weighted by atomic mass is 10.0. The van der Waals surface area contributed by atoms with E-state index in [2.05, 4.69) is 15.6 Å². The van der Waals surface area contributed by atoms with Crippen molar-refractivity contribution in [2.24, 2.45) is 17.6 Å². The molecule has 6 N–H and O–H groups in total. The molecule has 30 heavy (non-hydrogen) atoms. The van der Waals surface area contributed by atoms with Crippen molar-refractivity contribution < 1.29 is 19.5 Å². The van der Waals surface area contributed by atoms with Gasteiger partial charge in [0.2, 0.25) is 11.8 Å². The van der Waals surface area contributed by atoms with Crippen molar-refractivity contribution in [3.63, 3.8) is 0 Å². The standard InChI is InChI=1S/C14H27N3O4.C7H9N2/c1-7(2)6-10(15)12(18)17-11(8(3)4)13(19)16-9(5)14(20)21;8-5-4-7-3-1-2-6-9-7/h7-11H,6,15H2,1-5H3,(H,16,19)(H,17,18)(H,20,21);1-3,6,8H,4-5H2/q;-1/t9-,10-,11-;/m0./s1. The maximum Gasteiger partial charge on any atom is 0.325 e. The highest BCUT2D eigenvalue weighted by molar-refractivity contribution is 5.91. The van der Waals surface area contributed by atoms with E-state index in [1.165, 1.54) is 6.92 Å². The van der Waals surface area contributed by atoms with Crippen LogP contribution in [0, 0.1) is 11.8 Å². The van der Waals surface area contributed by atoms with Gasteiger partial charge in [0.15, 0.2) is 0 Å². The maximum absolute atomic E-state index is 12.0. The zero-order valence-electron chi connectivity index (χ0n) is 18.5. The molecule has 1 heterocycles. The molecule has 0 aliphatic carbocycles. The van der Waals surface area contributed by atoms with E-state index in [1.807, 2.05) is 32.0 Å². The SMILES string of the molecule is CC(C)C[C@H](N)C(=O)N[C@H](C(=O)N[C@@H](C)C(=O)O)C(C)C.[NH-]CCc1ccccn1. The van der Waals surface area contributed by atoms with E-state index in [1.54, 1.807) is 20.0 Å². The van der Waals surface area contributed by atoms with Gasteiger partial charge in [-0.3, -0.25) is 19.4 Å². The Kier molecular flexibility index (Phi) is 13.2. The molecule has 0 aromatic carbocycles. The number of hydrogen-bond acceptors (Lipinski definition) is 5. The molecule has 0 fully saturated rings. The van der Waals surface area contributed by atoms with Crippen LogP contribution in [-0.4, -0.2) is 52.5 Å². The first-order chi connectivity index (χ1) is 14.0. The number of rotatable bonds is 10. The van der Waals surface area contributed by atoms with Gasteiger partial charge < -0.3 is 27.2 Å². The number of nitrogens with two attached hydrogens (primary N) is 1. The molecule has 1 aromatic heterocycles. The molecule has 0 aliphatic rings. The molecule has 3 atom stereocenters. The van der Waals surface area contributed by atoms with Gasteiger partial charge in [-0.1, -0.05) is 33.8 Å². The predicted molar refractivity (Wildman–Crippen MR) is 117 cm³/mol. The highest BCUT2D eigenvalue weighted by Gasteiger charge is 2.28. The first kappa shape index (κ1) is 27.5. The summed E-state index contributed by atoms with van der Waals surface area (Å²) in [6, 6.07) is 3.26. The predicted octanol–water partition coefficient (Wildman–Crippen LogP) is 1.77. The van der Waals surface area contributed by atoms with E-state index in [0.29, 0.717) is 13.0 Å². The Morgan fingerprint density at radius 1 is 1.10 bits per heavy atom. The molecule has 0 spiro atoms. The minimum absolute atomic E-state index is 0.179. The zero-order chi connectivity index (χ0) is 23.3. The topological polar surface area (TPSA) is 158 Å². The molecule has 0 radical (unpaired) electrons. The van der Waals surface area contributed by atoms with Gasteiger partial charge in [-0.25, -0.2) is 0 Å². The van der Waals surface area contributed by atoms with Crippen LogP contribution in [0.1, 0.15) is 46.7 Å². The van der Waals surface area contributed by atoms with Crippen LogP contribution < -0.4 is 16.4 Å². The van der Waals surface area contributed by atoms with Crippen molar-refractivity contribution in [2.45, 2.75) is 65.6 Å². The molecule has 2 amide bonds. The minimum Gasteiger partial charge on any atom is -0.677 e. The van der Waals surface area contributed by atoms with Crippen molar-refractivity contribution in [2.75, 3.05) is 6.54 Å². The smallest absolute Gasteiger partial charge is 0.325 e. The fraction of sp³-hybridized carbons (Fsp3) is 0.619. The number of carbonyl (C=O) groups is 3. The number of nitrogens with zero attached hydrogens (tertiary/aromatic N) is 1. The Morgan fingerprint density at radius 2 is 1.73 bits per heavy atom. The third kappa shape index (κ3) is 11.5. The average molecular weight is 423 g/mol. The van der Waals surface area contributed by atoms with Crippen molar-refractivity contribution in [3.05, 3.63) is 35.8 Å². The van der Waals surface area contributed by atoms with E-state index < -0.39 is 35.9 Å². The fourth-order valence-electron chi connectivity index (χ4n) is 2.45. The number of amides is 2. The van der Waals surface area contributed by atoms with Gasteiger partial charge in [0.1, 0.15) is 12.1 Å². The van der Waals surface area contributed by atoms with Gasteiger partial charge in [0.25, 0.3) is 0 Å². The van der Waals surface area contributed by atoms with Crippen LogP contribution in [0.5, 0.6) is 0 Å². The van der Waals surface area contributed by atoms with Crippen LogP contribution in [0.4, 0.5) is 0 Å². The van der Waals surface area contributed by atoms with Gasteiger partial charge >= 0.3 is 5.97 Å². The van der Waals surface area contributed by atoms with Crippen LogP contribution in [0.25, 0.3) is 5.73 Å². The summed E-state index contributed by atoms with van der Waals surface area (Å²) in [6.07, 6.45) is 3.04. The second-order valence-corrected chi connectivity index (χ2v) is 7.86. The van der Waals surface area contributed by atoms with Crippen LogP contribution in [0.2, 0.25) is 0 Å². The van der Waals surface area contributed by atoms with Crippen LogP contribution in [-0.2, 0) is 20.8 Å². The lowest BCUT2D eigenvalue weighted by molar-refractivity contribution is -0.142. The van der Waals surface area contributed by atoms with E-state index in [-0.39, 0.29) is 11.8 Å². The lowest BCUT2D eigenvalue weighted by Gasteiger charge is -2.24. The van der Waals surface area contributed by atoms with E-state index in [4.69, 9.17) is 16.6 Å². The largest absolute Gasteiger partial charge is 0.677 e. The Morgan fingerprint density at radius 3 is 2.17 bits per heavy atom. The summed E-state index contributed by atoms with van der Waals surface area (Å²) in [4.78, 5) is 38.8. The van der Waals surface area contributed by atoms with Gasteiger partial charge in [-0.15, -0.1) is 6.54 Å². The number of hydrogen-bond donors (Lipinski definition) is 4. The monoisotopic (exact) mass is 422 g/mol. The van der Waals surface area contributed by atoms with Crippen molar-refractivity contribution >= 4 is 17.8 Å². The lowest BCUT2D eigenvalue weighted by Crippen LogP contribution is -2.56. The summed E-state index contributed by atoms with van der Waals surface area (Å²) in [5.74, 6) is -1.97. The van der Waals surface area contributed by atoms with Crippen molar-refractivity contribution in [3.8, 4) is 0 Å². The minimum atomic E-state index is -1.13. The van der Waals surface area contributed by atoms with Crippen LogP contribution in [0.15, 0.2) is 24.4 Å². The molecule has 1 aromatic rings. The normalized spacial score (nSPS) is 13.6. The summed E-state index contributed by atoms with van der Waals surface area (Å²) in [5, 5.41) is 13.7. The highest BCUT2D eigenvalue weighted by Crippen LogP contribution is 2.06. The summed E-state index contributed by atoms with van der Waals surface area (Å²) >= 11 is 0. The maximum atomic E-state index is 12.0. The number of carbonyl (C=O) groups excluding carboxylic acids is 2. The molecule has 0 aliphatic heterocycles. The highest BCUT2D eigenvalue weighted by atomic mass is 16.4. The molecule has 0 saturated heterocycles. The van der Waals surface area contributed by atoms with Gasteiger partial charge in [-0.2, -0.15) is 0 Å². The molecule has 0 bridgehead atoms. The Balaban J connectivity index is 0.000000769. The second kappa shape index (κ2) is 14.5. The quantitative estimate of drug-likeness (QED) is 0.450. The van der Waals surface area contributed by atoms with Crippen molar-refractivity contribution in [1.82, 2.24) is 15.6 Å². The zero-order valence-corrected chi connectivity index (χ0v) is 18.5.